The number of benzene rings is 2. The number of fused-ring (bicyclic) bond motifs is 2. The number of aromatic nitrogens is 3. The van der Waals surface area contributed by atoms with Gasteiger partial charge < -0.3 is 15.0 Å². The van der Waals surface area contributed by atoms with Gasteiger partial charge in [-0.3, -0.25) is 10.1 Å². The molecular formula is C22H21N5O. The molecule has 0 saturated carbocycles. The number of morpholine rings is 1. The molecule has 6 heteroatoms. The number of aromatic amines is 1. The predicted molar refractivity (Wildman–Crippen MR) is 113 cm³/mol. The Morgan fingerprint density at radius 2 is 2.00 bits per heavy atom. The van der Waals surface area contributed by atoms with E-state index in [1.54, 1.807) is 6.20 Å². The van der Waals surface area contributed by atoms with Gasteiger partial charge in [-0.25, -0.2) is 0 Å². The molecule has 1 fully saturated rings. The van der Waals surface area contributed by atoms with E-state index in [1.807, 2.05) is 12.1 Å². The van der Waals surface area contributed by atoms with Crippen molar-refractivity contribution in [3.63, 3.8) is 0 Å². The molecule has 3 heterocycles. The number of pyridine rings is 1. The van der Waals surface area contributed by atoms with Crippen LogP contribution in [0.4, 0.5) is 11.5 Å². The van der Waals surface area contributed by atoms with Crippen molar-refractivity contribution in [1.82, 2.24) is 20.1 Å². The summed E-state index contributed by atoms with van der Waals surface area (Å²) < 4.78 is 5.46. The summed E-state index contributed by atoms with van der Waals surface area (Å²) in [7, 11) is 0. The molecule has 2 aromatic heterocycles. The van der Waals surface area contributed by atoms with Crippen LogP contribution in [0.15, 0.2) is 61.3 Å². The number of H-pyrrole nitrogens is 1. The van der Waals surface area contributed by atoms with Gasteiger partial charge in [0.2, 0.25) is 0 Å². The lowest BCUT2D eigenvalue weighted by Crippen LogP contribution is -2.34. The Balaban J connectivity index is 1.47. The van der Waals surface area contributed by atoms with Gasteiger partial charge in [-0.15, -0.1) is 0 Å². The van der Waals surface area contributed by atoms with Crippen LogP contribution in [0.3, 0.4) is 0 Å². The van der Waals surface area contributed by atoms with Crippen molar-refractivity contribution in [2.75, 3.05) is 31.6 Å². The highest BCUT2D eigenvalue weighted by Gasteiger charge is 2.15. The van der Waals surface area contributed by atoms with Crippen LogP contribution in [0.5, 0.6) is 0 Å². The number of nitrogens with zero attached hydrogens (tertiary/aromatic N) is 3. The zero-order valence-corrected chi connectivity index (χ0v) is 15.5. The first-order chi connectivity index (χ1) is 13.8. The van der Waals surface area contributed by atoms with Gasteiger partial charge >= 0.3 is 0 Å². The summed E-state index contributed by atoms with van der Waals surface area (Å²) in [5.41, 5.74) is 4.93. The SMILES string of the molecule is C=C(c1cccc2cc(Nc3n[nH]c4cccnc34)ccc12)N1CCOCC1. The molecule has 0 radical (unpaired) electrons. The van der Waals surface area contributed by atoms with E-state index in [0.29, 0.717) is 0 Å². The minimum atomic E-state index is 0.726. The molecule has 0 atom stereocenters. The van der Waals surface area contributed by atoms with E-state index in [9.17, 15) is 0 Å². The highest BCUT2D eigenvalue weighted by Crippen LogP contribution is 2.30. The predicted octanol–water partition coefficient (Wildman–Crippen LogP) is 4.16. The number of rotatable bonds is 4. The standard InChI is InChI=1S/C22H21N5O/c1-15(27-10-12-28-13-11-27)18-5-2-4-16-14-17(7-8-19(16)18)24-22-21-20(25-26-22)6-3-9-23-21/h2-9,14H,1,10-13H2,(H2,24,25,26). The lowest BCUT2D eigenvalue weighted by atomic mass is 10.0. The molecule has 28 heavy (non-hydrogen) atoms. The van der Waals surface area contributed by atoms with E-state index in [4.69, 9.17) is 4.74 Å². The second kappa shape index (κ2) is 6.98. The topological polar surface area (TPSA) is 66.1 Å². The molecule has 0 spiro atoms. The molecule has 0 bridgehead atoms. The fourth-order valence-electron chi connectivity index (χ4n) is 3.69. The van der Waals surface area contributed by atoms with E-state index < -0.39 is 0 Å². The lowest BCUT2D eigenvalue weighted by molar-refractivity contribution is 0.0641. The maximum absolute atomic E-state index is 5.46. The zero-order valence-electron chi connectivity index (χ0n) is 15.5. The first-order valence-electron chi connectivity index (χ1n) is 9.40. The summed E-state index contributed by atoms with van der Waals surface area (Å²) in [5, 5.41) is 13.1. The first-order valence-corrected chi connectivity index (χ1v) is 9.40. The van der Waals surface area contributed by atoms with Crippen LogP contribution >= 0.6 is 0 Å². The molecule has 2 aromatic carbocycles. The summed E-state index contributed by atoms with van der Waals surface area (Å²) in [6.07, 6.45) is 1.77. The summed E-state index contributed by atoms with van der Waals surface area (Å²) in [6, 6.07) is 16.5. The second-order valence-corrected chi connectivity index (χ2v) is 6.88. The van der Waals surface area contributed by atoms with Crippen molar-refractivity contribution in [3.8, 4) is 0 Å². The molecule has 0 unspecified atom stereocenters. The molecule has 5 rings (SSSR count). The van der Waals surface area contributed by atoms with E-state index >= 15 is 0 Å². The van der Waals surface area contributed by atoms with Crippen LogP contribution in [-0.2, 0) is 4.74 Å². The minimum absolute atomic E-state index is 0.726. The van der Waals surface area contributed by atoms with Gasteiger partial charge in [-0.1, -0.05) is 30.8 Å². The fraction of sp³-hybridized carbons (Fsp3) is 0.182. The summed E-state index contributed by atoms with van der Waals surface area (Å²) in [5.74, 6) is 0.726. The molecule has 1 aliphatic heterocycles. The molecule has 0 aliphatic carbocycles. The Kier molecular flexibility index (Phi) is 4.18. The number of anilines is 2. The van der Waals surface area contributed by atoms with Gasteiger partial charge in [0.15, 0.2) is 5.82 Å². The first kappa shape index (κ1) is 16.8. The minimum Gasteiger partial charge on any atom is -0.378 e. The highest BCUT2D eigenvalue weighted by molar-refractivity contribution is 5.96. The van der Waals surface area contributed by atoms with Crippen molar-refractivity contribution in [2.45, 2.75) is 0 Å². The van der Waals surface area contributed by atoms with E-state index in [1.165, 1.54) is 5.39 Å². The zero-order chi connectivity index (χ0) is 18.9. The quantitative estimate of drug-likeness (QED) is 0.564. The largest absolute Gasteiger partial charge is 0.378 e. The average molecular weight is 371 g/mol. The van der Waals surface area contributed by atoms with Gasteiger partial charge in [-0.05, 0) is 35.0 Å². The average Bonchev–Trinajstić information content (AvgIpc) is 3.16. The Morgan fingerprint density at radius 3 is 2.89 bits per heavy atom. The maximum atomic E-state index is 5.46. The van der Waals surface area contributed by atoms with Crippen LogP contribution in [-0.4, -0.2) is 46.4 Å². The Morgan fingerprint density at radius 1 is 1.11 bits per heavy atom. The maximum Gasteiger partial charge on any atom is 0.178 e. The Hall–Kier alpha value is -3.38. The van der Waals surface area contributed by atoms with Crippen molar-refractivity contribution in [2.24, 2.45) is 0 Å². The Bertz CT molecular complexity index is 1160. The van der Waals surface area contributed by atoms with Crippen LogP contribution in [0.25, 0.3) is 27.5 Å². The van der Waals surface area contributed by atoms with Crippen molar-refractivity contribution < 1.29 is 4.74 Å². The van der Waals surface area contributed by atoms with Crippen LogP contribution in [0.1, 0.15) is 5.56 Å². The lowest BCUT2D eigenvalue weighted by Gasteiger charge is -2.31. The highest BCUT2D eigenvalue weighted by atomic mass is 16.5. The van der Waals surface area contributed by atoms with Crippen molar-refractivity contribution in [1.29, 1.82) is 0 Å². The van der Waals surface area contributed by atoms with E-state index in [-0.39, 0.29) is 0 Å². The van der Waals surface area contributed by atoms with E-state index in [2.05, 4.69) is 68.4 Å². The number of hydrogen-bond donors (Lipinski definition) is 2. The van der Waals surface area contributed by atoms with Crippen molar-refractivity contribution in [3.05, 3.63) is 66.9 Å². The van der Waals surface area contributed by atoms with Gasteiger partial charge in [0.25, 0.3) is 0 Å². The third-order valence-corrected chi connectivity index (χ3v) is 5.17. The second-order valence-electron chi connectivity index (χ2n) is 6.88. The molecule has 1 saturated heterocycles. The van der Waals surface area contributed by atoms with Crippen LogP contribution < -0.4 is 5.32 Å². The van der Waals surface area contributed by atoms with Gasteiger partial charge in [0.05, 0.1) is 18.7 Å². The normalized spacial score (nSPS) is 14.5. The third kappa shape index (κ3) is 2.97. The third-order valence-electron chi connectivity index (χ3n) is 5.17. The molecule has 1 aliphatic rings. The number of ether oxygens (including phenoxy) is 1. The fourth-order valence-corrected chi connectivity index (χ4v) is 3.69. The number of nitrogens with one attached hydrogen (secondary N) is 2. The molecule has 140 valence electrons. The smallest absolute Gasteiger partial charge is 0.178 e. The van der Waals surface area contributed by atoms with Crippen LogP contribution in [0.2, 0.25) is 0 Å². The molecular weight excluding hydrogens is 350 g/mol. The van der Waals surface area contributed by atoms with Crippen LogP contribution in [0, 0.1) is 0 Å². The molecule has 4 aromatic rings. The van der Waals surface area contributed by atoms with Gasteiger partial charge in [-0.2, -0.15) is 5.10 Å². The van der Waals surface area contributed by atoms with Crippen molar-refractivity contribution >= 4 is 39.0 Å². The summed E-state index contributed by atoms with van der Waals surface area (Å²) in [6.45, 7) is 7.62. The summed E-state index contributed by atoms with van der Waals surface area (Å²) in [4.78, 5) is 6.70. The van der Waals surface area contributed by atoms with Gasteiger partial charge in [0, 0.05) is 36.2 Å². The molecule has 6 nitrogen and oxygen atoms in total. The Labute approximate surface area is 162 Å². The number of hydrogen-bond acceptors (Lipinski definition) is 5. The molecule has 2 N–H and O–H groups in total. The molecule has 0 amide bonds. The van der Waals surface area contributed by atoms with Gasteiger partial charge in [0.1, 0.15) is 5.52 Å². The van der Waals surface area contributed by atoms with E-state index in [0.717, 1.165) is 65.5 Å². The summed E-state index contributed by atoms with van der Waals surface area (Å²) >= 11 is 0. The monoisotopic (exact) mass is 371 g/mol.